The van der Waals surface area contributed by atoms with Crippen molar-refractivity contribution in [1.82, 2.24) is 21.1 Å². The van der Waals surface area contributed by atoms with Gasteiger partial charge in [-0.15, -0.1) is 0 Å². The number of halogens is 1. The summed E-state index contributed by atoms with van der Waals surface area (Å²) in [7, 11) is 0. The Morgan fingerprint density at radius 3 is 2.69 bits per heavy atom. The standard InChI is InChI=1S/C20H23FN4O/c21-17-9-5-4-8-15(17)19-16-13-25(11-10-18(16)23-24-19)20(26)22-12-14-6-2-1-3-7-14/h1-9,16,18-19,23-24H,10-13H2,(H,22,26). The fraction of sp³-hybridized carbons (Fsp3) is 0.350. The number of fused-ring (bicyclic) bond motifs is 1. The molecule has 0 aromatic heterocycles. The molecule has 6 heteroatoms. The Morgan fingerprint density at radius 1 is 1.12 bits per heavy atom. The van der Waals surface area contributed by atoms with Gasteiger partial charge < -0.3 is 10.2 Å². The van der Waals surface area contributed by atoms with Crippen LogP contribution in [0, 0.1) is 11.7 Å². The van der Waals surface area contributed by atoms with Crippen LogP contribution >= 0.6 is 0 Å². The number of rotatable bonds is 3. The third-order valence-corrected chi connectivity index (χ3v) is 5.32. The molecule has 3 unspecified atom stereocenters. The van der Waals surface area contributed by atoms with E-state index in [-0.39, 0.29) is 29.8 Å². The van der Waals surface area contributed by atoms with Crippen LogP contribution in [0.3, 0.4) is 0 Å². The number of carbonyl (C=O) groups excluding carboxylic acids is 1. The molecule has 2 saturated heterocycles. The van der Waals surface area contributed by atoms with Gasteiger partial charge >= 0.3 is 6.03 Å². The zero-order chi connectivity index (χ0) is 17.9. The van der Waals surface area contributed by atoms with E-state index in [2.05, 4.69) is 16.2 Å². The Bertz CT molecular complexity index is 769. The monoisotopic (exact) mass is 354 g/mol. The van der Waals surface area contributed by atoms with Crippen LogP contribution in [0.15, 0.2) is 54.6 Å². The molecule has 2 amide bonds. The molecular weight excluding hydrogens is 331 g/mol. The van der Waals surface area contributed by atoms with Gasteiger partial charge in [0.15, 0.2) is 0 Å². The minimum absolute atomic E-state index is 0.0634. The van der Waals surface area contributed by atoms with Crippen molar-refractivity contribution in [3.05, 3.63) is 71.5 Å². The first kappa shape index (κ1) is 17.0. The predicted molar refractivity (Wildman–Crippen MR) is 97.6 cm³/mol. The zero-order valence-corrected chi connectivity index (χ0v) is 14.5. The molecule has 2 aromatic carbocycles. The summed E-state index contributed by atoms with van der Waals surface area (Å²) in [6.07, 6.45) is 0.849. The van der Waals surface area contributed by atoms with Gasteiger partial charge in [-0.25, -0.2) is 14.6 Å². The number of urea groups is 1. The maximum Gasteiger partial charge on any atom is 0.317 e. The van der Waals surface area contributed by atoms with Crippen molar-refractivity contribution < 1.29 is 9.18 Å². The highest BCUT2D eigenvalue weighted by atomic mass is 19.1. The van der Waals surface area contributed by atoms with Gasteiger partial charge in [0, 0.05) is 37.2 Å². The van der Waals surface area contributed by atoms with Gasteiger partial charge in [0.2, 0.25) is 0 Å². The second kappa shape index (κ2) is 7.43. The number of hydrazine groups is 1. The molecule has 2 aromatic rings. The van der Waals surface area contributed by atoms with Crippen LogP contribution < -0.4 is 16.2 Å². The molecule has 3 atom stereocenters. The van der Waals surface area contributed by atoms with Gasteiger partial charge in [0.05, 0.1) is 6.04 Å². The van der Waals surface area contributed by atoms with Gasteiger partial charge in [-0.05, 0) is 18.1 Å². The van der Waals surface area contributed by atoms with E-state index >= 15 is 0 Å². The Hall–Kier alpha value is -2.44. The smallest absolute Gasteiger partial charge is 0.317 e. The highest BCUT2D eigenvalue weighted by molar-refractivity contribution is 5.74. The lowest BCUT2D eigenvalue weighted by Gasteiger charge is -2.36. The van der Waals surface area contributed by atoms with E-state index in [4.69, 9.17) is 0 Å². The minimum Gasteiger partial charge on any atom is -0.334 e. The van der Waals surface area contributed by atoms with Crippen LogP contribution in [0.5, 0.6) is 0 Å². The van der Waals surface area contributed by atoms with Crippen molar-refractivity contribution in [3.63, 3.8) is 0 Å². The molecule has 4 rings (SSSR count). The summed E-state index contributed by atoms with van der Waals surface area (Å²) in [4.78, 5) is 14.4. The SMILES string of the molecule is O=C(NCc1ccccc1)N1CCC2NNC(c3ccccc3F)C2C1. The second-order valence-corrected chi connectivity index (χ2v) is 6.94. The first-order valence-corrected chi connectivity index (χ1v) is 9.04. The highest BCUT2D eigenvalue weighted by Crippen LogP contribution is 2.34. The van der Waals surface area contributed by atoms with E-state index < -0.39 is 0 Å². The molecular formula is C20H23FN4O. The molecule has 3 N–H and O–H groups in total. The van der Waals surface area contributed by atoms with Gasteiger partial charge in [0.25, 0.3) is 0 Å². The third-order valence-electron chi connectivity index (χ3n) is 5.32. The zero-order valence-electron chi connectivity index (χ0n) is 14.5. The fourth-order valence-corrected chi connectivity index (χ4v) is 3.91. The summed E-state index contributed by atoms with van der Waals surface area (Å²) in [5.74, 6) is -0.0683. The molecule has 26 heavy (non-hydrogen) atoms. The van der Waals surface area contributed by atoms with Crippen LogP contribution in [0.1, 0.15) is 23.6 Å². The molecule has 0 bridgehead atoms. The van der Waals surface area contributed by atoms with Crippen LogP contribution in [0.2, 0.25) is 0 Å². The van der Waals surface area contributed by atoms with Gasteiger partial charge in [0.1, 0.15) is 5.82 Å². The maximum atomic E-state index is 14.2. The third kappa shape index (κ3) is 3.43. The number of hydrogen-bond donors (Lipinski definition) is 3. The number of nitrogens with zero attached hydrogens (tertiary/aromatic N) is 1. The van der Waals surface area contributed by atoms with Gasteiger partial charge in [-0.3, -0.25) is 5.43 Å². The van der Waals surface area contributed by atoms with E-state index in [1.165, 1.54) is 6.07 Å². The van der Waals surface area contributed by atoms with Crippen molar-refractivity contribution in [3.8, 4) is 0 Å². The first-order valence-electron chi connectivity index (χ1n) is 9.04. The molecule has 0 aliphatic carbocycles. The Kier molecular flexibility index (Phi) is 4.86. The molecule has 136 valence electrons. The number of carbonyl (C=O) groups is 1. The molecule has 0 radical (unpaired) electrons. The van der Waals surface area contributed by atoms with Crippen molar-refractivity contribution >= 4 is 6.03 Å². The van der Waals surface area contributed by atoms with Crippen LogP contribution in [0.4, 0.5) is 9.18 Å². The van der Waals surface area contributed by atoms with Gasteiger partial charge in [-0.1, -0.05) is 48.5 Å². The van der Waals surface area contributed by atoms with Crippen molar-refractivity contribution in [2.45, 2.75) is 25.0 Å². The fourth-order valence-electron chi connectivity index (χ4n) is 3.91. The van der Waals surface area contributed by atoms with Crippen molar-refractivity contribution in [2.75, 3.05) is 13.1 Å². The highest BCUT2D eigenvalue weighted by Gasteiger charge is 2.42. The lowest BCUT2D eigenvalue weighted by molar-refractivity contribution is 0.154. The van der Waals surface area contributed by atoms with Crippen LogP contribution in [-0.2, 0) is 6.54 Å². The largest absolute Gasteiger partial charge is 0.334 e. The topological polar surface area (TPSA) is 56.4 Å². The number of nitrogens with one attached hydrogen (secondary N) is 3. The van der Waals surface area contributed by atoms with E-state index in [9.17, 15) is 9.18 Å². The number of likely N-dealkylation sites (tertiary alicyclic amines) is 1. The van der Waals surface area contributed by atoms with E-state index in [1.54, 1.807) is 6.07 Å². The molecule has 5 nitrogen and oxygen atoms in total. The maximum absolute atomic E-state index is 14.2. The molecule has 0 saturated carbocycles. The minimum atomic E-state index is -0.210. The van der Waals surface area contributed by atoms with Gasteiger partial charge in [-0.2, -0.15) is 0 Å². The lowest BCUT2D eigenvalue weighted by atomic mass is 9.85. The van der Waals surface area contributed by atoms with Crippen LogP contribution in [0.25, 0.3) is 0 Å². The Morgan fingerprint density at radius 2 is 1.88 bits per heavy atom. The summed E-state index contributed by atoms with van der Waals surface area (Å²) in [6.45, 7) is 1.81. The number of hydrogen-bond acceptors (Lipinski definition) is 3. The molecule has 2 heterocycles. The summed E-state index contributed by atoms with van der Waals surface area (Å²) in [5.41, 5.74) is 8.23. The number of benzene rings is 2. The summed E-state index contributed by atoms with van der Waals surface area (Å²) in [5, 5.41) is 2.99. The number of piperidine rings is 1. The summed E-state index contributed by atoms with van der Waals surface area (Å²) >= 11 is 0. The Balaban J connectivity index is 1.41. The normalized spacial score (nSPS) is 25.0. The molecule has 2 aliphatic rings. The average molecular weight is 354 g/mol. The second-order valence-electron chi connectivity index (χ2n) is 6.94. The van der Waals surface area contributed by atoms with Crippen LogP contribution in [-0.4, -0.2) is 30.1 Å². The molecule has 0 spiro atoms. The molecule has 2 aliphatic heterocycles. The Labute approximate surface area is 152 Å². The summed E-state index contributed by atoms with van der Waals surface area (Å²) < 4.78 is 14.2. The average Bonchev–Trinajstić information content (AvgIpc) is 3.10. The van der Waals surface area contributed by atoms with E-state index in [1.807, 2.05) is 47.4 Å². The van der Waals surface area contributed by atoms with Crippen molar-refractivity contribution in [1.29, 1.82) is 0 Å². The molecule has 2 fully saturated rings. The lowest BCUT2D eigenvalue weighted by Crippen LogP contribution is -2.50. The quantitative estimate of drug-likeness (QED) is 0.794. The number of amides is 2. The first-order chi connectivity index (χ1) is 12.7. The van der Waals surface area contributed by atoms with E-state index in [0.717, 1.165) is 12.0 Å². The summed E-state index contributed by atoms with van der Waals surface area (Å²) in [6, 6.07) is 16.8. The van der Waals surface area contributed by atoms with Crippen molar-refractivity contribution in [2.24, 2.45) is 5.92 Å². The van der Waals surface area contributed by atoms with E-state index in [0.29, 0.717) is 25.2 Å². The predicted octanol–water partition coefficient (Wildman–Crippen LogP) is 2.57.